The van der Waals surface area contributed by atoms with Gasteiger partial charge in [-0.15, -0.1) is 0 Å². The van der Waals surface area contributed by atoms with Gasteiger partial charge in [0.05, 0.1) is 29.3 Å². The number of imidazole rings is 1. The summed E-state index contributed by atoms with van der Waals surface area (Å²) in [7, 11) is 0. The summed E-state index contributed by atoms with van der Waals surface area (Å²) in [5, 5.41) is 11.8. The zero-order valence-corrected chi connectivity index (χ0v) is 16.9. The van der Waals surface area contributed by atoms with Crippen LogP contribution in [0.4, 0.5) is 5.69 Å². The number of amides is 1. The van der Waals surface area contributed by atoms with Gasteiger partial charge in [-0.3, -0.25) is 4.79 Å². The van der Waals surface area contributed by atoms with Crippen molar-refractivity contribution in [3.8, 4) is 29.0 Å². The Balaban J connectivity index is 1.38. The molecule has 0 bridgehead atoms. The van der Waals surface area contributed by atoms with Crippen LogP contribution in [0.15, 0.2) is 66.7 Å². The summed E-state index contributed by atoms with van der Waals surface area (Å²) in [6.45, 7) is 2.08. The number of fused-ring (bicyclic) bond motifs is 1. The van der Waals surface area contributed by atoms with Crippen molar-refractivity contribution in [3.05, 3.63) is 72.3 Å². The number of carbonyl (C=O) groups excluding carboxylic acids is 1. The summed E-state index contributed by atoms with van der Waals surface area (Å²) in [5.74, 6) is 1.32. The Hall–Kier alpha value is -4.31. The van der Waals surface area contributed by atoms with Gasteiger partial charge in [-0.1, -0.05) is 12.1 Å². The van der Waals surface area contributed by atoms with Crippen LogP contribution in [-0.4, -0.2) is 29.1 Å². The van der Waals surface area contributed by atoms with E-state index in [4.69, 9.17) is 14.7 Å². The molecular weight excluding hydrogens is 392 g/mol. The molecule has 0 unspecified atom stereocenters. The first-order chi connectivity index (χ1) is 15.2. The number of para-hydroxylation sites is 2. The number of carbonyl (C=O) groups is 1. The standard InChI is InChI=1S/C24H20N4O3/c1-2-30-22-13-16(14-25)7-12-21(22)31-15-23(29)26-18-10-8-17(9-11-18)24-27-19-5-3-4-6-20(19)28-24/h3-13H,2,15H2,1H3,(H,26,29)(H,27,28). The van der Waals surface area contributed by atoms with Crippen LogP contribution in [0.25, 0.3) is 22.4 Å². The van der Waals surface area contributed by atoms with Gasteiger partial charge >= 0.3 is 0 Å². The normalized spacial score (nSPS) is 10.5. The first kappa shape index (κ1) is 20.0. The minimum absolute atomic E-state index is 0.183. The highest BCUT2D eigenvalue weighted by Crippen LogP contribution is 2.28. The number of ether oxygens (including phenoxy) is 2. The molecule has 7 heteroatoms. The molecule has 4 rings (SSSR count). The molecule has 154 valence electrons. The number of hydrogen-bond acceptors (Lipinski definition) is 5. The highest BCUT2D eigenvalue weighted by molar-refractivity contribution is 5.92. The van der Waals surface area contributed by atoms with Crippen LogP contribution in [0.5, 0.6) is 11.5 Å². The zero-order valence-electron chi connectivity index (χ0n) is 16.9. The number of aromatic amines is 1. The average molecular weight is 412 g/mol. The van der Waals surface area contributed by atoms with Crippen LogP contribution in [0, 0.1) is 11.3 Å². The summed E-state index contributed by atoms with van der Waals surface area (Å²) in [5.41, 5.74) is 3.91. The Bertz CT molecular complexity index is 1220. The molecule has 0 aliphatic carbocycles. The molecule has 0 fully saturated rings. The van der Waals surface area contributed by atoms with Crippen LogP contribution in [0.2, 0.25) is 0 Å². The third-order valence-electron chi connectivity index (χ3n) is 4.56. The van der Waals surface area contributed by atoms with Gasteiger partial charge in [0.2, 0.25) is 0 Å². The third kappa shape index (κ3) is 4.65. The van der Waals surface area contributed by atoms with Gasteiger partial charge in [0.15, 0.2) is 18.1 Å². The number of benzene rings is 3. The molecule has 3 aromatic carbocycles. The molecule has 0 radical (unpaired) electrons. The first-order valence-corrected chi connectivity index (χ1v) is 9.81. The minimum atomic E-state index is -0.303. The van der Waals surface area contributed by atoms with Crippen molar-refractivity contribution in [2.75, 3.05) is 18.5 Å². The van der Waals surface area contributed by atoms with Crippen molar-refractivity contribution in [1.29, 1.82) is 5.26 Å². The van der Waals surface area contributed by atoms with Gasteiger partial charge in [-0.05, 0) is 55.5 Å². The van der Waals surface area contributed by atoms with Gasteiger partial charge in [0, 0.05) is 17.3 Å². The van der Waals surface area contributed by atoms with Crippen LogP contribution >= 0.6 is 0 Å². The number of nitrogens with one attached hydrogen (secondary N) is 2. The van der Waals surface area contributed by atoms with Gasteiger partial charge < -0.3 is 19.8 Å². The molecule has 1 aromatic heterocycles. The van der Waals surface area contributed by atoms with Crippen LogP contribution < -0.4 is 14.8 Å². The number of nitrogens with zero attached hydrogens (tertiary/aromatic N) is 2. The molecule has 0 atom stereocenters. The van der Waals surface area contributed by atoms with E-state index < -0.39 is 0 Å². The molecule has 1 heterocycles. The van der Waals surface area contributed by atoms with Crippen LogP contribution in [0.1, 0.15) is 12.5 Å². The van der Waals surface area contributed by atoms with E-state index in [9.17, 15) is 4.79 Å². The lowest BCUT2D eigenvalue weighted by molar-refractivity contribution is -0.118. The maximum absolute atomic E-state index is 12.3. The molecule has 0 aliphatic rings. The highest BCUT2D eigenvalue weighted by atomic mass is 16.5. The monoisotopic (exact) mass is 412 g/mol. The SMILES string of the molecule is CCOc1cc(C#N)ccc1OCC(=O)Nc1ccc(-c2nc3ccccc3[nH]2)cc1. The lowest BCUT2D eigenvalue weighted by Crippen LogP contribution is -2.20. The second kappa shape index (κ2) is 9.01. The number of anilines is 1. The molecule has 0 aliphatic heterocycles. The summed E-state index contributed by atoms with van der Waals surface area (Å²) in [4.78, 5) is 20.2. The number of aromatic nitrogens is 2. The Morgan fingerprint density at radius 3 is 2.61 bits per heavy atom. The fourth-order valence-corrected chi connectivity index (χ4v) is 3.11. The average Bonchev–Trinajstić information content (AvgIpc) is 3.23. The lowest BCUT2D eigenvalue weighted by atomic mass is 10.2. The van der Waals surface area contributed by atoms with Crippen LogP contribution in [0.3, 0.4) is 0 Å². The molecule has 2 N–H and O–H groups in total. The second-order valence-electron chi connectivity index (χ2n) is 6.72. The van der Waals surface area contributed by atoms with Crippen molar-refractivity contribution in [1.82, 2.24) is 9.97 Å². The second-order valence-corrected chi connectivity index (χ2v) is 6.72. The highest BCUT2D eigenvalue weighted by Gasteiger charge is 2.10. The maximum atomic E-state index is 12.3. The Morgan fingerprint density at radius 2 is 1.87 bits per heavy atom. The van der Waals surface area contributed by atoms with Crippen molar-refractivity contribution in [2.24, 2.45) is 0 Å². The summed E-state index contributed by atoms with van der Waals surface area (Å²) >= 11 is 0. The molecule has 0 saturated heterocycles. The van der Waals surface area contributed by atoms with Crippen LogP contribution in [-0.2, 0) is 4.79 Å². The van der Waals surface area contributed by atoms with E-state index in [-0.39, 0.29) is 12.5 Å². The summed E-state index contributed by atoms with van der Waals surface area (Å²) < 4.78 is 11.1. The lowest BCUT2D eigenvalue weighted by Gasteiger charge is -2.12. The summed E-state index contributed by atoms with van der Waals surface area (Å²) in [6, 6.07) is 22.1. The number of H-pyrrole nitrogens is 1. The minimum Gasteiger partial charge on any atom is -0.490 e. The van der Waals surface area contributed by atoms with Crippen molar-refractivity contribution < 1.29 is 14.3 Å². The van der Waals surface area contributed by atoms with Crippen molar-refractivity contribution in [2.45, 2.75) is 6.92 Å². The van der Waals surface area contributed by atoms with E-state index >= 15 is 0 Å². The Kier molecular flexibility index (Phi) is 5.81. The third-order valence-corrected chi connectivity index (χ3v) is 4.56. The number of nitriles is 1. The van der Waals surface area contributed by atoms with Crippen molar-refractivity contribution >= 4 is 22.6 Å². The van der Waals surface area contributed by atoms with E-state index in [2.05, 4.69) is 21.4 Å². The largest absolute Gasteiger partial charge is 0.490 e. The van der Waals surface area contributed by atoms with E-state index in [0.717, 1.165) is 22.4 Å². The smallest absolute Gasteiger partial charge is 0.262 e. The predicted octanol–water partition coefficient (Wildman–Crippen LogP) is 4.52. The van der Waals surface area contributed by atoms with Gasteiger partial charge in [0.25, 0.3) is 5.91 Å². The molecule has 1 amide bonds. The molecule has 7 nitrogen and oxygen atoms in total. The molecule has 0 saturated carbocycles. The van der Waals surface area contributed by atoms with Gasteiger partial charge in [0.1, 0.15) is 5.82 Å². The quantitative estimate of drug-likeness (QED) is 0.465. The van der Waals surface area contributed by atoms with Gasteiger partial charge in [-0.2, -0.15) is 5.26 Å². The molecule has 0 spiro atoms. The number of rotatable bonds is 7. The maximum Gasteiger partial charge on any atom is 0.262 e. The zero-order chi connectivity index (χ0) is 21.6. The predicted molar refractivity (Wildman–Crippen MR) is 118 cm³/mol. The molecule has 31 heavy (non-hydrogen) atoms. The van der Waals surface area contributed by atoms with E-state index in [1.54, 1.807) is 18.2 Å². The van der Waals surface area contributed by atoms with E-state index in [1.165, 1.54) is 0 Å². The number of hydrogen-bond donors (Lipinski definition) is 2. The van der Waals surface area contributed by atoms with Gasteiger partial charge in [-0.25, -0.2) is 4.98 Å². The van der Waals surface area contributed by atoms with E-state index in [1.807, 2.05) is 55.5 Å². The first-order valence-electron chi connectivity index (χ1n) is 9.81. The summed E-state index contributed by atoms with van der Waals surface area (Å²) in [6.07, 6.45) is 0. The Morgan fingerprint density at radius 1 is 1.06 bits per heavy atom. The fourth-order valence-electron chi connectivity index (χ4n) is 3.11. The molecular formula is C24H20N4O3. The molecule has 4 aromatic rings. The van der Waals surface area contributed by atoms with E-state index in [0.29, 0.717) is 29.4 Å². The fraction of sp³-hybridized carbons (Fsp3) is 0.125. The van der Waals surface area contributed by atoms with Crippen molar-refractivity contribution in [3.63, 3.8) is 0 Å². The topological polar surface area (TPSA) is 100 Å². The Labute approximate surface area is 179 Å².